The zero-order valence-electron chi connectivity index (χ0n) is 19.5. The van der Waals surface area contributed by atoms with Gasteiger partial charge in [-0.25, -0.2) is 0 Å². The van der Waals surface area contributed by atoms with E-state index >= 15 is 0 Å². The Morgan fingerprint density at radius 2 is 2.03 bits per heavy atom. The van der Waals surface area contributed by atoms with E-state index in [9.17, 15) is 9.59 Å². The maximum Gasteiger partial charge on any atom is 0.255 e. The van der Waals surface area contributed by atoms with Crippen LogP contribution in [0.4, 0.5) is 0 Å². The van der Waals surface area contributed by atoms with Gasteiger partial charge < -0.3 is 24.4 Å². The Bertz CT molecular complexity index is 1050. The summed E-state index contributed by atoms with van der Waals surface area (Å²) in [6, 6.07) is 5.18. The van der Waals surface area contributed by atoms with E-state index in [1.807, 2.05) is 11.1 Å². The van der Waals surface area contributed by atoms with Crippen molar-refractivity contribution in [3.63, 3.8) is 0 Å². The summed E-state index contributed by atoms with van der Waals surface area (Å²) in [6.45, 7) is 2.85. The van der Waals surface area contributed by atoms with Crippen LogP contribution in [0.5, 0.6) is 11.5 Å². The second-order valence-corrected chi connectivity index (χ2v) is 9.29. The van der Waals surface area contributed by atoms with Gasteiger partial charge in [-0.05, 0) is 37.5 Å². The molecule has 1 aromatic heterocycles. The fourth-order valence-electron chi connectivity index (χ4n) is 5.02. The lowest BCUT2D eigenvalue weighted by atomic mass is 9.87. The normalized spacial score (nSPS) is 25.9. The van der Waals surface area contributed by atoms with Crippen LogP contribution >= 0.6 is 0 Å². The van der Waals surface area contributed by atoms with Gasteiger partial charge in [-0.15, -0.1) is 5.10 Å². The van der Waals surface area contributed by atoms with Crippen LogP contribution in [0.3, 0.4) is 0 Å². The second kappa shape index (κ2) is 9.61. The van der Waals surface area contributed by atoms with Gasteiger partial charge in [0.25, 0.3) is 5.91 Å². The predicted molar refractivity (Wildman–Crippen MR) is 122 cm³/mol. The number of carbonyl (C=O) groups excluding carboxylic acids is 2. The Balaban J connectivity index is 1.36. The number of carbonyl (C=O) groups is 2. The first-order valence-electron chi connectivity index (χ1n) is 12.0. The molecule has 6 rings (SSSR count). The van der Waals surface area contributed by atoms with Crippen LogP contribution in [0.25, 0.3) is 0 Å². The molecular weight excluding hydrogens is 438 g/mol. The lowest BCUT2D eigenvalue weighted by Crippen LogP contribution is -2.47. The van der Waals surface area contributed by atoms with Gasteiger partial charge in [0.2, 0.25) is 5.91 Å². The Kier molecular flexibility index (Phi) is 6.40. The molecule has 2 saturated heterocycles. The number of amides is 2. The third-order valence-corrected chi connectivity index (χ3v) is 6.97. The van der Waals surface area contributed by atoms with Crippen molar-refractivity contribution < 1.29 is 23.8 Å². The summed E-state index contributed by atoms with van der Waals surface area (Å²) in [6.07, 6.45) is 5.87. The molecule has 2 amide bonds. The van der Waals surface area contributed by atoms with E-state index in [1.165, 1.54) is 0 Å². The monoisotopic (exact) mass is 469 g/mol. The standard InChI is InChI=1S/C24H31N5O5/c1-32-19-4-5-21-20(13-19)23(31)25-18-14-24(34-16-18)7-10-28(11-8-24)22(30)6-3-17-15-29(27-26-17)9-2-12-33-21/h4-5,13,15,18H,2-3,6-12,14,16H2,1H3,(H,25,31). The van der Waals surface area contributed by atoms with Crippen molar-refractivity contribution >= 4 is 11.8 Å². The lowest BCUT2D eigenvalue weighted by molar-refractivity contribution is -0.136. The van der Waals surface area contributed by atoms with Gasteiger partial charge in [-0.1, -0.05) is 5.21 Å². The SMILES string of the molecule is COc1ccc2c(c1)C(=O)NC1COC3(CCN(CC3)C(=O)CCc3cn(nn3)CCCO2)C1. The molecule has 0 aliphatic carbocycles. The fourth-order valence-corrected chi connectivity index (χ4v) is 5.02. The van der Waals surface area contributed by atoms with E-state index in [0.717, 1.165) is 25.0 Å². The van der Waals surface area contributed by atoms with Gasteiger partial charge in [0.05, 0.1) is 43.2 Å². The second-order valence-electron chi connectivity index (χ2n) is 9.29. The molecular formula is C24H31N5O5. The molecule has 1 spiro atoms. The van der Waals surface area contributed by atoms with E-state index in [2.05, 4.69) is 15.6 Å². The summed E-state index contributed by atoms with van der Waals surface area (Å²) >= 11 is 0. The first kappa shape index (κ1) is 22.6. The number of hydrogen-bond donors (Lipinski definition) is 1. The highest BCUT2D eigenvalue weighted by Crippen LogP contribution is 2.36. The van der Waals surface area contributed by atoms with Crippen LogP contribution in [0.15, 0.2) is 24.4 Å². The molecule has 1 aromatic carbocycles. The molecule has 0 saturated carbocycles. The molecule has 2 aromatic rings. The van der Waals surface area contributed by atoms with Gasteiger partial charge in [0.1, 0.15) is 11.5 Å². The topological polar surface area (TPSA) is 108 Å². The summed E-state index contributed by atoms with van der Waals surface area (Å²) in [4.78, 5) is 27.8. The van der Waals surface area contributed by atoms with Gasteiger partial charge >= 0.3 is 0 Å². The first-order chi connectivity index (χ1) is 16.5. The molecule has 182 valence electrons. The quantitative estimate of drug-likeness (QED) is 0.676. The van der Waals surface area contributed by atoms with Crippen molar-refractivity contribution in [1.82, 2.24) is 25.2 Å². The molecule has 2 fully saturated rings. The number of benzene rings is 1. The smallest absolute Gasteiger partial charge is 0.255 e. The highest BCUT2D eigenvalue weighted by Gasteiger charge is 2.44. The maximum absolute atomic E-state index is 13.2. The van der Waals surface area contributed by atoms with Gasteiger partial charge in [0.15, 0.2) is 0 Å². The molecule has 0 radical (unpaired) electrons. The molecule has 1 atom stereocenters. The maximum atomic E-state index is 13.2. The predicted octanol–water partition coefficient (Wildman–Crippen LogP) is 1.58. The zero-order valence-corrected chi connectivity index (χ0v) is 19.5. The molecule has 4 aliphatic heterocycles. The highest BCUT2D eigenvalue weighted by atomic mass is 16.5. The number of aryl methyl sites for hydroxylation is 2. The van der Waals surface area contributed by atoms with E-state index in [-0.39, 0.29) is 23.5 Å². The third kappa shape index (κ3) is 4.86. The molecule has 5 heterocycles. The fraction of sp³-hybridized carbons (Fsp3) is 0.583. The zero-order chi connectivity index (χ0) is 23.5. The van der Waals surface area contributed by atoms with E-state index in [0.29, 0.717) is 69.2 Å². The minimum atomic E-state index is -0.286. The van der Waals surface area contributed by atoms with Gasteiger partial charge in [0, 0.05) is 45.1 Å². The number of nitrogens with zero attached hydrogens (tertiary/aromatic N) is 4. The molecule has 1 unspecified atom stereocenters. The van der Waals surface area contributed by atoms with Crippen LogP contribution in [0.2, 0.25) is 0 Å². The van der Waals surface area contributed by atoms with Gasteiger partial charge in [-0.3, -0.25) is 14.3 Å². The van der Waals surface area contributed by atoms with Crippen molar-refractivity contribution in [2.24, 2.45) is 0 Å². The van der Waals surface area contributed by atoms with Crippen LogP contribution < -0.4 is 14.8 Å². The molecule has 5 bridgehead atoms. The summed E-state index contributed by atoms with van der Waals surface area (Å²) in [7, 11) is 1.57. The van der Waals surface area contributed by atoms with Crippen molar-refractivity contribution in [3.8, 4) is 11.5 Å². The number of fused-ring (bicyclic) bond motifs is 8. The summed E-state index contributed by atoms with van der Waals surface area (Å²) in [5.41, 5.74) is 0.970. The summed E-state index contributed by atoms with van der Waals surface area (Å²) in [5, 5.41) is 11.5. The van der Waals surface area contributed by atoms with Crippen molar-refractivity contribution in [2.45, 2.75) is 56.7 Å². The number of methoxy groups -OCH3 is 1. The average Bonchev–Trinajstić information content (AvgIpc) is 3.47. The lowest BCUT2D eigenvalue weighted by Gasteiger charge is -2.38. The average molecular weight is 470 g/mol. The third-order valence-electron chi connectivity index (χ3n) is 6.97. The minimum Gasteiger partial charge on any atom is -0.497 e. The van der Waals surface area contributed by atoms with Crippen molar-refractivity contribution in [3.05, 3.63) is 35.7 Å². The first-order valence-corrected chi connectivity index (χ1v) is 12.0. The number of hydrogen-bond acceptors (Lipinski definition) is 7. The largest absolute Gasteiger partial charge is 0.497 e. The van der Waals surface area contributed by atoms with Crippen LogP contribution in [0.1, 0.15) is 48.2 Å². The summed E-state index contributed by atoms with van der Waals surface area (Å²) < 4.78 is 19.3. The number of nitrogens with one attached hydrogen (secondary N) is 1. The van der Waals surface area contributed by atoms with Gasteiger partial charge in [-0.2, -0.15) is 0 Å². The van der Waals surface area contributed by atoms with E-state index in [1.54, 1.807) is 30.0 Å². The molecule has 1 N–H and O–H groups in total. The Morgan fingerprint density at radius 3 is 2.85 bits per heavy atom. The minimum absolute atomic E-state index is 0.0852. The summed E-state index contributed by atoms with van der Waals surface area (Å²) in [5.74, 6) is 1.05. The van der Waals surface area contributed by atoms with Crippen LogP contribution in [0, 0.1) is 0 Å². The van der Waals surface area contributed by atoms with Crippen molar-refractivity contribution in [1.29, 1.82) is 0 Å². The van der Waals surface area contributed by atoms with Crippen LogP contribution in [-0.2, 0) is 22.5 Å². The van der Waals surface area contributed by atoms with Crippen molar-refractivity contribution in [2.75, 3.05) is 33.4 Å². The number of piperidine rings is 1. The molecule has 10 heteroatoms. The number of ether oxygens (including phenoxy) is 3. The number of aromatic nitrogens is 3. The van der Waals surface area contributed by atoms with E-state index in [4.69, 9.17) is 14.2 Å². The highest BCUT2D eigenvalue weighted by molar-refractivity contribution is 5.97. The van der Waals surface area contributed by atoms with E-state index < -0.39 is 0 Å². The Labute approximate surface area is 198 Å². The Morgan fingerprint density at radius 1 is 1.18 bits per heavy atom. The molecule has 4 aliphatic rings. The Hall–Kier alpha value is -3.14. The van der Waals surface area contributed by atoms with Crippen LogP contribution in [-0.4, -0.2) is 76.8 Å². The number of rotatable bonds is 1. The molecule has 34 heavy (non-hydrogen) atoms. The molecule has 10 nitrogen and oxygen atoms in total.